The molecule has 3 rings (SSSR count). The summed E-state index contributed by atoms with van der Waals surface area (Å²) >= 11 is 6.11. The van der Waals surface area contributed by atoms with E-state index in [1.807, 2.05) is 18.2 Å². The zero-order chi connectivity index (χ0) is 17.5. The van der Waals surface area contributed by atoms with Gasteiger partial charge in [-0.3, -0.25) is 4.99 Å². The first-order valence-corrected chi connectivity index (χ1v) is 9.75. The number of hydrogen-bond donors (Lipinski definition) is 2. The van der Waals surface area contributed by atoms with Gasteiger partial charge in [0.2, 0.25) is 0 Å². The molecule has 1 aromatic carbocycles. The van der Waals surface area contributed by atoms with Crippen molar-refractivity contribution >= 4 is 47.2 Å². The van der Waals surface area contributed by atoms with Crippen LogP contribution >= 0.6 is 35.6 Å². The van der Waals surface area contributed by atoms with Crippen molar-refractivity contribution in [1.29, 1.82) is 0 Å². The van der Waals surface area contributed by atoms with E-state index in [4.69, 9.17) is 16.3 Å². The molecular formula is C19H30ClIN4O. The van der Waals surface area contributed by atoms with E-state index in [1.54, 1.807) is 0 Å². The van der Waals surface area contributed by atoms with Gasteiger partial charge in [0.1, 0.15) is 0 Å². The monoisotopic (exact) mass is 492 g/mol. The number of anilines is 1. The minimum Gasteiger partial charge on any atom is -0.379 e. The van der Waals surface area contributed by atoms with E-state index in [1.165, 1.54) is 18.5 Å². The van der Waals surface area contributed by atoms with Gasteiger partial charge in [-0.2, -0.15) is 0 Å². The van der Waals surface area contributed by atoms with Gasteiger partial charge in [0, 0.05) is 43.0 Å². The first kappa shape index (κ1) is 21.6. The largest absolute Gasteiger partial charge is 0.379 e. The zero-order valence-electron chi connectivity index (χ0n) is 15.4. The second-order valence-corrected chi connectivity index (χ2v) is 7.27. The fraction of sp³-hybridized carbons (Fsp3) is 0.632. The van der Waals surface area contributed by atoms with Crippen molar-refractivity contribution in [3.05, 3.63) is 29.3 Å². The quantitative estimate of drug-likeness (QED) is 0.252. The van der Waals surface area contributed by atoms with Crippen molar-refractivity contribution < 1.29 is 4.74 Å². The van der Waals surface area contributed by atoms with Crippen LogP contribution in [0.3, 0.4) is 0 Å². The van der Waals surface area contributed by atoms with Crippen LogP contribution in [0.25, 0.3) is 0 Å². The Bertz CT molecular complexity index is 582. The van der Waals surface area contributed by atoms with E-state index >= 15 is 0 Å². The number of halogens is 2. The first-order valence-electron chi connectivity index (χ1n) is 9.37. The lowest BCUT2D eigenvalue weighted by Gasteiger charge is -2.20. The predicted octanol–water partition coefficient (Wildman–Crippen LogP) is 3.52. The fourth-order valence-corrected chi connectivity index (χ4v) is 3.24. The summed E-state index contributed by atoms with van der Waals surface area (Å²) in [6.07, 6.45) is 3.76. The Morgan fingerprint density at radius 3 is 2.92 bits per heavy atom. The minimum atomic E-state index is 0. The molecule has 0 amide bonds. The molecule has 1 unspecified atom stereocenters. The maximum atomic E-state index is 6.11. The highest BCUT2D eigenvalue weighted by molar-refractivity contribution is 14.0. The predicted molar refractivity (Wildman–Crippen MR) is 120 cm³/mol. The smallest absolute Gasteiger partial charge is 0.191 e. The number of aliphatic imine (C=N–C) groups is 1. The molecule has 1 atom stereocenters. The normalized spacial score (nSPS) is 20.0. The van der Waals surface area contributed by atoms with Gasteiger partial charge in [0.05, 0.1) is 13.2 Å². The Balaban J connectivity index is 0.00000243. The van der Waals surface area contributed by atoms with Gasteiger partial charge in [-0.25, -0.2) is 0 Å². The molecule has 0 aromatic heterocycles. The molecule has 2 N–H and O–H groups in total. The molecule has 0 bridgehead atoms. The molecule has 1 aromatic rings. The minimum absolute atomic E-state index is 0. The van der Waals surface area contributed by atoms with Gasteiger partial charge in [0.25, 0.3) is 0 Å². The van der Waals surface area contributed by atoms with E-state index in [2.05, 4.69) is 33.5 Å². The van der Waals surface area contributed by atoms with Crippen molar-refractivity contribution in [2.24, 2.45) is 10.9 Å². The molecule has 1 aliphatic heterocycles. The van der Waals surface area contributed by atoms with Crippen LogP contribution in [0.5, 0.6) is 0 Å². The van der Waals surface area contributed by atoms with E-state index in [0.717, 1.165) is 49.6 Å². The van der Waals surface area contributed by atoms with Crippen LogP contribution in [0.15, 0.2) is 29.3 Å². The van der Waals surface area contributed by atoms with Crippen molar-refractivity contribution in [1.82, 2.24) is 10.6 Å². The molecule has 26 heavy (non-hydrogen) atoms. The van der Waals surface area contributed by atoms with Crippen LogP contribution in [0.2, 0.25) is 5.02 Å². The second-order valence-electron chi connectivity index (χ2n) is 6.83. The summed E-state index contributed by atoms with van der Waals surface area (Å²) in [7, 11) is 0. The van der Waals surface area contributed by atoms with Gasteiger partial charge in [-0.1, -0.05) is 17.7 Å². The SMILES string of the molecule is CCNC(=NCCOCC1CC1)NC1CCN(c2cccc(Cl)c2)C1.I. The van der Waals surface area contributed by atoms with Crippen LogP contribution < -0.4 is 15.5 Å². The van der Waals surface area contributed by atoms with Gasteiger partial charge in [-0.15, -0.1) is 24.0 Å². The lowest BCUT2D eigenvalue weighted by molar-refractivity contribution is 0.131. The molecule has 1 saturated carbocycles. The fourth-order valence-electron chi connectivity index (χ4n) is 3.06. The van der Waals surface area contributed by atoms with E-state index in [0.29, 0.717) is 19.2 Å². The molecule has 0 spiro atoms. The van der Waals surface area contributed by atoms with Crippen LogP contribution in [0, 0.1) is 5.92 Å². The van der Waals surface area contributed by atoms with Crippen molar-refractivity contribution in [3.8, 4) is 0 Å². The number of benzene rings is 1. The number of rotatable bonds is 8. The lowest BCUT2D eigenvalue weighted by atomic mass is 10.3. The Kier molecular flexibility index (Phi) is 9.28. The first-order chi connectivity index (χ1) is 12.2. The number of ether oxygens (including phenoxy) is 1. The van der Waals surface area contributed by atoms with Crippen molar-refractivity contribution in [2.75, 3.05) is 44.3 Å². The highest BCUT2D eigenvalue weighted by Crippen LogP contribution is 2.28. The van der Waals surface area contributed by atoms with Gasteiger partial charge in [-0.05, 0) is 50.3 Å². The number of nitrogens with zero attached hydrogens (tertiary/aromatic N) is 2. The van der Waals surface area contributed by atoms with E-state index in [-0.39, 0.29) is 24.0 Å². The molecule has 2 aliphatic rings. The summed E-state index contributed by atoms with van der Waals surface area (Å²) in [4.78, 5) is 7.00. The molecule has 2 fully saturated rings. The average Bonchev–Trinajstić information content (AvgIpc) is 3.31. The van der Waals surface area contributed by atoms with Crippen LogP contribution in [0.4, 0.5) is 5.69 Å². The highest BCUT2D eigenvalue weighted by Gasteiger charge is 2.23. The average molecular weight is 493 g/mol. The Morgan fingerprint density at radius 1 is 1.35 bits per heavy atom. The molecular weight excluding hydrogens is 463 g/mol. The van der Waals surface area contributed by atoms with Crippen LogP contribution in [0.1, 0.15) is 26.2 Å². The summed E-state index contributed by atoms with van der Waals surface area (Å²) < 4.78 is 5.66. The molecule has 146 valence electrons. The van der Waals surface area contributed by atoms with Gasteiger partial charge < -0.3 is 20.3 Å². The number of nitrogens with one attached hydrogen (secondary N) is 2. The third-order valence-corrected chi connectivity index (χ3v) is 4.84. The third-order valence-electron chi connectivity index (χ3n) is 4.60. The van der Waals surface area contributed by atoms with E-state index < -0.39 is 0 Å². The van der Waals surface area contributed by atoms with Gasteiger partial charge >= 0.3 is 0 Å². The number of hydrogen-bond acceptors (Lipinski definition) is 3. The summed E-state index contributed by atoms with van der Waals surface area (Å²) in [5.74, 6) is 1.70. The van der Waals surface area contributed by atoms with Crippen LogP contribution in [-0.2, 0) is 4.74 Å². The summed E-state index contributed by atoms with van der Waals surface area (Å²) in [5.41, 5.74) is 1.19. The second kappa shape index (κ2) is 11.2. The maximum Gasteiger partial charge on any atom is 0.191 e. The molecule has 1 aliphatic carbocycles. The number of guanidine groups is 1. The molecule has 0 radical (unpaired) electrons. The van der Waals surface area contributed by atoms with Crippen molar-refractivity contribution in [2.45, 2.75) is 32.2 Å². The van der Waals surface area contributed by atoms with Crippen molar-refractivity contribution in [3.63, 3.8) is 0 Å². The standard InChI is InChI=1S/C19H29ClN4O.HI/c1-2-21-19(22-9-11-25-14-15-6-7-15)23-17-8-10-24(13-17)18-5-3-4-16(20)12-18;/h3-5,12,15,17H,2,6-11,13-14H2,1H3,(H2,21,22,23);1H. The summed E-state index contributed by atoms with van der Waals surface area (Å²) in [5, 5.41) is 7.67. The zero-order valence-corrected chi connectivity index (χ0v) is 18.5. The summed E-state index contributed by atoms with van der Waals surface area (Å²) in [6.45, 7) is 7.24. The Hall–Kier alpha value is -0.730. The molecule has 1 heterocycles. The Morgan fingerprint density at radius 2 is 2.19 bits per heavy atom. The van der Waals surface area contributed by atoms with Crippen LogP contribution in [-0.4, -0.2) is 51.4 Å². The maximum absolute atomic E-state index is 6.11. The molecule has 1 saturated heterocycles. The highest BCUT2D eigenvalue weighted by atomic mass is 127. The van der Waals surface area contributed by atoms with Gasteiger partial charge in [0.15, 0.2) is 5.96 Å². The Labute approximate surface area is 178 Å². The van der Waals surface area contributed by atoms with E-state index in [9.17, 15) is 0 Å². The topological polar surface area (TPSA) is 48.9 Å². The molecule has 5 nitrogen and oxygen atoms in total. The third kappa shape index (κ3) is 7.12. The lowest BCUT2D eigenvalue weighted by Crippen LogP contribution is -2.44. The summed E-state index contributed by atoms with van der Waals surface area (Å²) in [6, 6.07) is 8.46. The molecule has 7 heteroatoms.